The van der Waals surface area contributed by atoms with Crippen LogP contribution in [0.3, 0.4) is 0 Å². The molecule has 2 amide bonds. The van der Waals surface area contributed by atoms with E-state index in [9.17, 15) is 29.1 Å². The summed E-state index contributed by atoms with van der Waals surface area (Å²) >= 11 is 2.03. The lowest BCUT2D eigenvalue weighted by molar-refractivity contribution is -0.165. The van der Waals surface area contributed by atoms with Crippen LogP contribution in [0.4, 0.5) is 5.13 Å². The number of oxime groups is 1. The van der Waals surface area contributed by atoms with Gasteiger partial charge in [-0.2, -0.15) is 9.36 Å². The maximum absolute atomic E-state index is 13.1. The van der Waals surface area contributed by atoms with Crippen LogP contribution in [0.5, 0.6) is 0 Å². The first-order valence-electron chi connectivity index (χ1n) is 11.5. The van der Waals surface area contributed by atoms with E-state index in [0.717, 1.165) is 49.0 Å². The highest BCUT2D eigenvalue weighted by Crippen LogP contribution is 2.42. The molecule has 2 unspecified atom stereocenters. The van der Waals surface area contributed by atoms with Gasteiger partial charge >= 0.3 is 11.9 Å². The van der Waals surface area contributed by atoms with Crippen LogP contribution < -0.4 is 11.1 Å². The number of hydrogen-bond acceptors (Lipinski definition) is 13. The molecule has 4 N–H and O–H groups in total. The van der Waals surface area contributed by atoms with Crippen molar-refractivity contribution in [2.75, 3.05) is 24.6 Å². The number of rotatable bonds is 10. The topological polar surface area (TPSA) is 203 Å². The predicted octanol–water partition coefficient (Wildman–Crippen LogP) is -0.223. The Morgan fingerprint density at radius 1 is 1.30 bits per heavy atom. The molecule has 4 rings (SSSR count). The SMILES string of the molecule is CC(=O)CC(=O)OCC1(C(=O)O)CS[C@@H]2C(NC(=O)C(=NOC3CCCC3)c3nsc(N)n3)C(=O)N2C1. The van der Waals surface area contributed by atoms with Gasteiger partial charge < -0.3 is 30.6 Å². The number of aliphatic carboxylic acids is 1. The van der Waals surface area contributed by atoms with Crippen molar-refractivity contribution in [3.05, 3.63) is 5.82 Å². The standard InChI is InChI=1S/C21H26N6O8S2/c1-10(28)6-12(29)34-8-21(19(32)33)7-27-17(31)14(18(27)36-9-21)23-16(30)13(15-24-20(22)37-26-15)25-35-11-4-2-3-5-11/h11,14,18H,2-9H2,1H3,(H,23,30)(H,32,33)(H2,22,24,26)/t14?,18-,21?/m1/s1. The summed E-state index contributed by atoms with van der Waals surface area (Å²) in [5, 5.41) is 16.1. The summed E-state index contributed by atoms with van der Waals surface area (Å²) in [6.07, 6.45) is 3.05. The summed E-state index contributed by atoms with van der Waals surface area (Å²) < 4.78 is 9.06. The number of aromatic nitrogens is 2. The monoisotopic (exact) mass is 554 g/mol. The zero-order valence-electron chi connectivity index (χ0n) is 19.9. The van der Waals surface area contributed by atoms with Crippen LogP contribution in [-0.2, 0) is 33.5 Å². The molecule has 14 nitrogen and oxygen atoms in total. The van der Waals surface area contributed by atoms with E-state index in [1.165, 1.54) is 11.8 Å². The molecule has 1 aromatic heterocycles. The average Bonchev–Trinajstić information content (AvgIpc) is 3.52. The summed E-state index contributed by atoms with van der Waals surface area (Å²) in [5.41, 5.74) is 3.91. The number of β-lactam (4-membered cyclic amide) rings is 1. The molecule has 2 aliphatic heterocycles. The third-order valence-corrected chi connectivity index (χ3v) is 8.38. The van der Waals surface area contributed by atoms with Gasteiger partial charge in [0.05, 0.1) is 0 Å². The molecule has 16 heteroatoms. The number of nitrogens with two attached hydrogens (primary N) is 1. The lowest BCUT2D eigenvalue weighted by Crippen LogP contribution is -2.74. The van der Waals surface area contributed by atoms with E-state index < -0.39 is 59.4 Å². The Labute approximate surface area is 219 Å². The zero-order valence-corrected chi connectivity index (χ0v) is 21.5. The number of hydrogen-bond donors (Lipinski definition) is 3. The molecule has 3 heterocycles. The van der Waals surface area contributed by atoms with Crippen LogP contribution in [0.25, 0.3) is 0 Å². The maximum Gasteiger partial charge on any atom is 0.315 e. The van der Waals surface area contributed by atoms with Gasteiger partial charge in [-0.15, -0.1) is 11.8 Å². The molecule has 3 aliphatic rings. The first-order valence-corrected chi connectivity index (χ1v) is 13.4. The molecule has 3 atom stereocenters. The Bertz CT molecular complexity index is 1140. The van der Waals surface area contributed by atoms with Gasteiger partial charge in [-0.3, -0.25) is 24.0 Å². The fourth-order valence-electron chi connectivity index (χ4n) is 4.22. The van der Waals surface area contributed by atoms with E-state index in [1.807, 2.05) is 0 Å². The summed E-state index contributed by atoms with van der Waals surface area (Å²) in [6, 6.07) is -0.933. The number of carbonyl (C=O) groups excluding carboxylic acids is 4. The number of carboxylic acids is 1. The molecule has 0 spiro atoms. The molecular formula is C21H26N6O8S2. The number of esters is 1. The summed E-state index contributed by atoms with van der Waals surface area (Å²) in [4.78, 5) is 71.7. The normalized spacial score (nSPS) is 25.7. The second-order valence-electron chi connectivity index (χ2n) is 9.15. The van der Waals surface area contributed by atoms with Crippen LogP contribution in [0.15, 0.2) is 5.16 Å². The van der Waals surface area contributed by atoms with Crippen molar-refractivity contribution in [1.82, 2.24) is 19.6 Å². The number of nitrogen functional groups attached to an aromatic ring is 1. The van der Waals surface area contributed by atoms with E-state index >= 15 is 0 Å². The number of Topliss-reactive ketones (excluding diaryl/α,β-unsaturated/α-hetero) is 1. The highest BCUT2D eigenvalue weighted by atomic mass is 32.2. The summed E-state index contributed by atoms with van der Waals surface area (Å²) in [7, 11) is 0. The fourth-order valence-corrected chi connectivity index (χ4v) is 6.18. The minimum Gasteiger partial charge on any atom is -0.481 e. The number of fused-ring (bicyclic) bond motifs is 1. The Hall–Kier alpha value is -3.27. The minimum atomic E-state index is -1.54. The Balaban J connectivity index is 1.41. The smallest absolute Gasteiger partial charge is 0.315 e. The van der Waals surface area contributed by atoms with E-state index in [-0.39, 0.29) is 35.1 Å². The number of carboxylic acid groups (broad SMARTS) is 1. The second kappa shape index (κ2) is 11.0. The van der Waals surface area contributed by atoms with Gasteiger partial charge in [0.25, 0.3) is 5.91 Å². The summed E-state index contributed by atoms with van der Waals surface area (Å²) in [6.45, 7) is 0.522. The van der Waals surface area contributed by atoms with Crippen molar-refractivity contribution in [2.24, 2.45) is 10.6 Å². The Morgan fingerprint density at radius 2 is 2.03 bits per heavy atom. The third kappa shape index (κ3) is 5.84. The lowest BCUT2D eigenvalue weighted by atomic mass is 9.88. The molecule has 37 heavy (non-hydrogen) atoms. The van der Waals surface area contributed by atoms with Crippen LogP contribution >= 0.6 is 23.3 Å². The van der Waals surface area contributed by atoms with E-state index in [4.69, 9.17) is 15.3 Å². The molecule has 0 bridgehead atoms. The molecule has 1 aromatic rings. The second-order valence-corrected chi connectivity index (χ2v) is 11.0. The number of anilines is 1. The van der Waals surface area contributed by atoms with Gasteiger partial charge in [-0.25, -0.2) is 0 Å². The van der Waals surface area contributed by atoms with Crippen LogP contribution in [0.1, 0.15) is 44.9 Å². The van der Waals surface area contributed by atoms with Crippen molar-refractivity contribution in [3.63, 3.8) is 0 Å². The molecule has 1 saturated carbocycles. The number of ether oxygens (including phenoxy) is 1. The van der Waals surface area contributed by atoms with Crippen molar-refractivity contribution < 1.29 is 38.7 Å². The molecular weight excluding hydrogens is 528 g/mol. The lowest BCUT2D eigenvalue weighted by Gasteiger charge is -2.53. The van der Waals surface area contributed by atoms with E-state index in [0.29, 0.717) is 0 Å². The highest BCUT2D eigenvalue weighted by molar-refractivity contribution is 8.00. The average molecular weight is 555 g/mol. The van der Waals surface area contributed by atoms with Gasteiger partial charge in [0.1, 0.15) is 41.7 Å². The number of nitrogens with one attached hydrogen (secondary N) is 1. The van der Waals surface area contributed by atoms with Crippen LogP contribution in [0.2, 0.25) is 0 Å². The van der Waals surface area contributed by atoms with Crippen molar-refractivity contribution >= 4 is 63.7 Å². The van der Waals surface area contributed by atoms with Crippen LogP contribution in [0, 0.1) is 5.41 Å². The van der Waals surface area contributed by atoms with E-state index in [1.54, 1.807) is 0 Å². The van der Waals surface area contributed by atoms with Crippen molar-refractivity contribution in [3.8, 4) is 0 Å². The van der Waals surface area contributed by atoms with E-state index in [2.05, 4.69) is 19.8 Å². The number of amides is 2. The molecule has 200 valence electrons. The minimum absolute atomic E-state index is 0.0183. The first-order chi connectivity index (χ1) is 17.6. The number of thioether (sulfide) groups is 1. The Morgan fingerprint density at radius 3 is 2.65 bits per heavy atom. The molecule has 0 radical (unpaired) electrons. The predicted molar refractivity (Wildman–Crippen MR) is 130 cm³/mol. The van der Waals surface area contributed by atoms with Crippen molar-refractivity contribution in [1.29, 1.82) is 0 Å². The number of carbonyl (C=O) groups is 5. The molecule has 0 aromatic carbocycles. The highest BCUT2D eigenvalue weighted by Gasteiger charge is 2.58. The zero-order chi connectivity index (χ0) is 26.7. The first kappa shape index (κ1) is 26.8. The quantitative estimate of drug-likeness (QED) is 0.113. The van der Waals surface area contributed by atoms with Gasteiger partial charge in [0.2, 0.25) is 17.4 Å². The molecule has 3 fully saturated rings. The Kier molecular flexibility index (Phi) is 7.96. The molecule has 2 saturated heterocycles. The fraction of sp³-hybridized carbons (Fsp3) is 0.619. The number of nitrogens with zero attached hydrogens (tertiary/aromatic N) is 4. The largest absolute Gasteiger partial charge is 0.481 e. The maximum atomic E-state index is 13.1. The summed E-state index contributed by atoms with van der Waals surface area (Å²) in [5.74, 6) is -3.68. The number of ketones is 1. The molecule has 1 aliphatic carbocycles. The van der Waals surface area contributed by atoms with Gasteiger partial charge in [0, 0.05) is 23.8 Å². The van der Waals surface area contributed by atoms with Crippen LogP contribution in [-0.4, -0.2) is 91.0 Å². The van der Waals surface area contributed by atoms with Crippen molar-refractivity contribution in [2.45, 2.75) is 56.5 Å². The van der Waals surface area contributed by atoms with Gasteiger partial charge in [-0.1, -0.05) is 5.16 Å². The third-order valence-electron chi connectivity index (χ3n) is 6.25. The van der Waals surface area contributed by atoms with Gasteiger partial charge in [-0.05, 0) is 32.6 Å². The van der Waals surface area contributed by atoms with Gasteiger partial charge in [0.15, 0.2) is 5.13 Å².